The summed E-state index contributed by atoms with van der Waals surface area (Å²) in [5.41, 5.74) is -0.693. The minimum atomic E-state index is -1.13. The highest BCUT2D eigenvalue weighted by molar-refractivity contribution is 5.97. The number of rotatable bonds is 3. The van der Waals surface area contributed by atoms with E-state index in [1.807, 2.05) is 19.9 Å². The van der Waals surface area contributed by atoms with Crippen molar-refractivity contribution in [2.75, 3.05) is 0 Å². The fourth-order valence-electron chi connectivity index (χ4n) is 9.73. The Morgan fingerprint density at radius 2 is 1.89 bits per heavy atom. The van der Waals surface area contributed by atoms with Gasteiger partial charge in [0, 0.05) is 18.4 Å². The zero-order valence-corrected chi connectivity index (χ0v) is 22.8. The van der Waals surface area contributed by atoms with Crippen LogP contribution >= 0.6 is 0 Å². The third-order valence-corrected chi connectivity index (χ3v) is 11.9. The van der Waals surface area contributed by atoms with Crippen LogP contribution in [0.2, 0.25) is 0 Å². The Labute approximate surface area is 219 Å². The number of carbonyl (C=O) groups excluding carboxylic acids is 3. The Hall–Kier alpha value is -1.99. The second kappa shape index (κ2) is 8.01. The summed E-state index contributed by atoms with van der Waals surface area (Å²) in [4.78, 5) is 38.0. The number of hydrogen-bond acceptors (Lipinski definition) is 7. The number of aliphatic hydroxyl groups is 1. The van der Waals surface area contributed by atoms with E-state index >= 15 is 0 Å². The van der Waals surface area contributed by atoms with E-state index in [-0.39, 0.29) is 59.0 Å². The average Bonchev–Trinajstić information content (AvgIpc) is 3.57. The molecule has 202 valence electrons. The van der Waals surface area contributed by atoms with Gasteiger partial charge in [-0.25, -0.2) is 4.79 Å². The molecule has 12 unspecified atom stereocenters. The maximum absolute atomic E-state index is 13.3. The van der Waals surface area contributed by atoms with Crippen LogP contribution in [0.15, 0.2) is 23.3 Å². The molecule has 0 bridgehead atoms. The van der Waals surface area contributed by atoms with E-state index in [1.54, 1.807) is 13.0 Å². The largest absolute Gasteiger partial charge is 0.454 e. The molecule has 7 nitrogen and oxygen atoms in total. The van der Waals surface area contributed by atoms with Gasteiger partial charge in [-0.1, -0.05) is 19.9 Å². The van der Waals surface area contributed by atoms with Crippen molar-refractivity contribution in [1.29, 1.82) is 0 Å². The molecule has 0 spiro atoms. The molecule has 0 amide bonds. The molecule has 12 atom stereocenters. The van der Waals surface area contributed by atoms with Gasteiger partial charge in [-0.15, -0.1) is 0 Å². The van der Waals surface area contributed by atoms with Crippen LogP contribution in [0.25, 0.3) is 0 Å². The van der Waals surface area contributed by atoms with Crippen LogP contribution in [-0.4, -0.2) is 52.8 Å². The molecule has 0 aromatic carbocycles. The van der Waals surface area contributed by atoms with Crippen molar-refractivity contribution in [1.82, 2.24) is 0 Å². The molecule has 1 N–H and O–H groups in total. The van der Waals surface area contributed by atoms with E-state index < -0.39 is 23.2 Å². The molecular weight excluding hydrogens is 472 g/mol. The monoisotopic (exact) mass is 512 g/mol. The number of allylic oxidation sites excluding steroid dienone is 1. The van der Waals surface area contributed by atoms with Crippen molar-refractivity contribution >= 4 is 17.7 Å². The highest BCUT2D eigenvalue weighted by Gasteiger charge is 2.77. The summed E-state index contributed by atoms with van der Waals surface area (Å²) < 4.78 is 17.9. The van der Waals surface area contributed by atoms with Gasteiger partial charge >= 0.3 is 11.9 Å². The molecule has 0 aromatic rings. The molecule has 2 aliphatic heterocycles. The van der Waals surface area contributed by atoms with Crippen molar-refractivity contribution in [3.05, 3.63) is 23.3 Å². The summed E-state index contributed by atoms with van der Waals surface area (Å²) in [7, 11) is 0. The van der Waals surface area contributed by atoms with Crippen LogP contribution in [0.4, 0.5) is 0 Å². The van der Waals surface area contributed by atoms with Crippen molar-refractivity contribution in [2.24, 2.45) is 40.4 Å². The van der Waals surface area contributed by atoms with Crippen LogP contribution in [0.3, 0.4) is 0 Å². The van der Waals surface area contributed by atoms with Gasteiger partial charge in [0.25, 0.3) is 0 Å². The molecule has 3 saturated carbocycles. The second-order valence-electron chi connectivity index (χ2n) is 13.2. The van der Waals surface area contributed by atoms with Crippen molar-refractivity contribution < 1.29 is 33.7 Å². The van der Waals surface area contributed by atoms with E-state index in [9.17, 15) is 19.5 Å². The van der Waals surface area contributed by atoms with Crippen LogP contribution in [0.1, 0.15) is 73.6 Å². The molecule has 6 aliphatic rings. The number of hydrogen-bond donors (Lipinski definition) is 1. The van der Waals surface area contributed by atoms with Gasteiger partial charge in [-0.05, 0) is 93.6 Å². The van der Waals surface area contributed by atoms with Gasteiger partial charge in [0.15, 0.2) is 11.9 Å². The summed E-state index contributed by atoms with van der Waals surface area (Å²) in [5, 5.41) is 11.8. The summed E-state index contributed by atoms with van der Waals surface area (Å²) >= 11 is 0. The number of esters is 2. The van der Waals surface area contributed by atoms with Crippen LogP contribution in [0, 0.1) is 40.4 Å². The Morgan fingerprint density at radius 1 is 1.16 bits per heavy atom. The summed E-state index contributed by atoms with van der Waals surface area (Å²) in [6.45, 7) is 11.5. The Morgan fingerprint density at radius 3 is 2.59 bits per heavy atom. The smallest absolute Gasteiger partial charge is 0.334 e. The minimum Gasteiger partial charge on any atom is -0.454 e. The predicted molar refractivity (Wildman–Crippen MR) is 134 cm³/mol. The highest BCUT2D eigenvalue weighted by Crippen LogP contribution is 2.71. The molecule has 2 heterocycles. The van der Waals surface area contributed by atoms with Crippen molar-refractivity contribution in [2.45, 2.75) is 104 Å². The van der Waals surface area contributed by atoms with Crippen LogP contribution in [0.5, 0.6) is 0 Å². The SMILES string of the molecule is CC(=O)OC1C(C)=C(C)C(=O)OC1C(C)C1CCC2C3C4OC4C4(O)CC=CC(=O)C4(C)C3CCC12C. The standard InChI is InChI=1S/C30H40O7/c1-14-15(2)27(33)37-24(23(14)35-17(4)31)16(3)18-9-10-19-22-20(11-13-28(18,19)5)29(6)21(32)8-7-12-30(29,34)26-25(22)36-26/h7-8,16,18-20,22-26,34H,9-13H2,1-6H3. The van der Waals surface area contributed by atoms with E-state index in [4.69, 9.17) is 14.2 Å². The van der Waals surface area contributed by atoms with E-state index in [1.165, 1.54) is 6.92 Å². The topological polar surface area (TPSA) is 102 Å². The number of ether oxygens (including phenoxy) is 3. The van der Waals surface area contributed by atoms with Crippen molar-refractivity contribution in [3.8, 4) is 0 Å². The van der Waals surface area contributed by atoms with Gasteiger partial charge < -0.3 is 19.3 Å². The highest BCUT2D eigenvalue weighted by atomic mass is 16.6. The quantitative estimate of drug-likeness (QED) is 0.452. The summed E-state index contributed by atoms with van der Waals surface area (Å²) in [6, 6.07) is 0. The lowest BCUT2D eigenvalue weighted by atomic mass is 9.43. The summed E-state index contributed by atoms with van der Waals surface area (Å²) in [6.07, 6.45) is 6.38. The molecule has 4 fully saturated rings. The third kappa shape index (κ3) is 3.16. The molecule has 37 heavy (non-hydrogen) atoms. The maximum atomic E-state index is 13.3. The third-order valence-electron chi connectivity index (χ3n) is 11.9. The predicted octanol–water partition coefficient (Wildman–Crippen LogP) is 3.92. The molecule has 1 saturated heterocycles. The first-order valence-electron chi connectivity index (χ1n) is 14.0. The molecule has 4 aliphatic carbocycles. The Balaban J connectivity index is 1.31. The first kappa shape index (κ1) is 25.3. The molecular formula is C30H40O7. The second-order valence-corrected chi connectivity index (χ2v) is 13.2. The Kier molecular flexibility index (Phi) is 5.48. The van der Waals surface area contributed by atoms with E-state index in [0.29, 0.717) is 17.9 Å². The Bertz CT molecular complexity index is 1120. The normalized spacial score (nSPS) is 50.9. The minimum absolute atomic E-state index is 0.00446. The van der Waals surface area contributed by atoms with E-state index in [0.717, 1.165) is 31.3 Å². The first-order valence-corrected chi connectivity index (χ1v) is 14.0. The fraction of sp³-hybridized carbons (Fsp3) is 0.767. The first-order chi connectivity index (χ1) is 17.4. The van der Waals surface area contributed by atoms with Gasteiger partial charge in [-0.2, -0.15) is 0 Å². The fourth-order valence-corrected chi connectivity index (χ4v) is 9.73. The number of fused-ring (bicyclic) bond motifs is 8. The zero-order chi connectivity index (χ0) is 26.7. The van der Waals surface area contributed by atoms with Gasteiger partial charge in [0.2, 0.25) is 0 Å². The zero-order valence-electron chi connectivity index (χ0n) is 22.8. The van der Waals surface area contributed by atoms with Gasteiger partial charge in [-0.3, -0.25) is 9.59 Å². The lowest BCUT2D eigenvalue weighted by Gasteiger charge is -2.60. The maximum Gasteiger partial charge on any atom is 0.334 e. The number of epoxide rings is 1. The molecule has 7 heteroatoms. The number of cyclic esters (lactones) is 1. The number of carbonyl (C=O) groups is 3. The van der Waals surface area contributed by atoms with Crippen molar-refractivity contribution in [3.63, 3.8) is 0 Å². The molecule has 6 rings (SSSR count). The lowest BCUT2D eigenvalue weighted by molar-refractivity contribution is -0.185. The van der Waals surface area contributed by atoms with Gasteiger partial charge in [0.1, 0.15) is 17.8 Å². The summed E-state index contributed by atoms with van der Waals surface area (Å²) in [5.74, 6) is 0.255. The van der Waals surface area contributed by atoms with Crippen LogP contribution in [-0.2, 0) is 28.6 Å². The lowest BCUT2D eigenvalue weighted by Crippen LogP contribution is -2.67. The van der Waals surface area contributed by atoms with Crippen LogP contribution < -0.4 is 0 Å². The van der Waals surface area contributed by atoms with Gasteiger partial charge in [0.05, 0.1) is 11.5 Å². The average molecular weight is 513 g/mol. The van der Waals surface area contributed by atoms with E-state index in [2.05, 4.69) is 13.8 Å². The molecule has 0 aromatic heterocycles. The number of ketones is 1. The molecule has 0 radical (unpaired) electrons.